The van der Waals surface area contributed by atoms with Crippen LogP contribution in [0.3, 0.4) is 0 Å². The third-order valence-corrected chi connectivity index (χ3v) is 1.75. The van der Waals surface area contributed by atoms with Gasteiger partial charge in [-0.25, -0.2) is 0 Å². The molecule has 1 unspecified atom stereocenters. The highest BCUT2D eigenvalue weighted by molar-refractivity contribution is 5.82. The summed E-state index contributed by atoms with van der Waals surface area (Å²) in [7, 11) is 0. The van der Waals surface area contributed by atoms with Gasteiger partial charge in [0.15, 0.2) is 0 Å². The van der Waals surface area contributed by atoms with Gasteiger partial charge in [-0.3, -0.25) is 10.2 Å². The lowest BCUT2D eigenvalue weighted by Crippen LogP contribution is -2.36. The molecule has 0 aromatic rings. The van der Waals surface area contributed by atoms with Crippen molar-refractivity contribution in [1.82, 2.24) is 0 Å². The van der Waals surface area contributed by atoms with Crippen molar-refractivity contribution >= 4 is 11.8 Å². The molecule has 13 heavy (non-hydrogen) atoms. The summed E-state index contributed by atoms with van der Waals surface area (Å²) in [5.41, 5.74) is 15.8. The number of nitrogens with one attached hydrogen (secondary N) is 1. The highest BCUT2D eigenvalue weighted by atomic mass is 16.4. The third kappa shape index (κ3) is 5.15. The number of carbonyl (C=O) groups is 1. The maximum atomic E-state index is 10.3. The second kappa shape index (κ2) is 5.50. The molecule has 8 N–H and O–H groups in total. The second-order valence-electron chi connectivity index (χ2n) is 2.94. The predicted molar refractivity (Wildman–Crippen MR) is 49.4 cm³/mol. The van der Waals surface area contributed by atoms with Gasteiger partial charge >= 0.3 is 5.97 Å². The molecule has 76 valence electrons. The average Bonchev–Trinajstić information content (AvgIpc) is 2.03. The van der Waals surface area contributed by atoms with Crippen LogP contribution in [-0.2, 0) is 4.79 Å². The van der Waals surface area contributed by atoms with Crippen molar-refractivity contribution in [3.8, 4) is 0 Å². The molecule has 6 nitrogen and oxygen atoms in total. The van der Waals surface area contributed by atoms with E-state index in [0.29, 0.717) is 19.3 Å². The maximum Gasteiger partial charge on any atom is 0.320 e. The zero-order valence-electron chi connectivity index (χ0n) is 7.36. The standard InChI is InChI=1S/C7H16N4O2/c8-4(6(10)11)2-1-3-5(9)7(12)13/h4-5H,1-3,8-9H2,(H3,10,11)(H,12,13)/t4?,5-/m0/s1. The monoisotopic (exact) mass is 188 g/mol. The molecule has 0 amide bonds. The number of hydrogen-bond acceptors (Lipinski definition) is 4. The molecule has 0 saturated carbocycles. The van der Waals surface area contributed by atoms with Crippen LogP contribution in [0.4, 0.5) is 0 Å². The zero-order chi connectivity index (χ0) is 10.4. The van der Waals surface area contributed by atoms with Crippen LogP contribution < -0.4 is 17.2 Å². The number of hydrogen-bond donors (Lipinski definition) is 5. The van der Waals surface area contributed by atoms with Crippen molar-refractivity contribution in [2.45, 2.75) is 31.3 Å². The molecule has 0 fully saturated rings. The van der Waals surface area contributed by atoms with Crippen LogP contribution >= 0.6 is 0 Å². The van der Waals surface area contributed by atoms with Crippen LogP contribution in [0.25, 0.3) is 0 Å². The molecule has 0 heterocycles. The number of amidine groups is 1. The smallest absolute Gasteiger partial charge is 0.320 e. The molecule has 0 saturated heterocycles. The van der Waals surface area contributed by atoms with Crippen molar-refractivity contribution in [2.24, 2.45) is 17.2 Å². The highest BCUT2D eigenvalue weighted by Gasteiger charge is 2.12. The Bertz CT molecular complexity index is 175. The lowest BCUT2D eigenvalue weighted by molar-refractivity contribution is -0.138. The van der Waals surface area contributed by atoms with Crippen LogP contribution in [0.15, 0.2) is 0 Å². The van der Waals surface area contributed by atoms with Crippen molar-refractivity contribution in [3.63, 3.8) is 0 Å². The molecule has 0 aliphatic carbocycles. The summed E-state index contributed by atoms with van der Waals surface area (Å²) in [5.74, 6) is -1.10. The molecule has 0 aromatic carbocycles. The zero-order valence-corrected chi connectivity index (χ0v) is 7.36. The van der Waals surface area contributed by atoms with E-state index in [1.807, 2.05) is 0 Å². The first kappa shape index (κ1) is 11.9. The minimum absolute atomic E-state index is 0.0797. The molecule has 0 rings (SSSR count). The van der Waals surface area contributed by atoms with Crippen LogP contribution in [0.1, 0.15) is 19.3 Å². The Labute approximate surface area is 76.6 Å². The Balaban J connectivity index is 3.56. The van der Waals surface area contributed by atoms with Gasteiger partial charge < -0.3 is 22.3 Å². The first-order chi connectivity index (χ1) is 5.95. The van der Waals surface area contributed by atoms with E-state index < -0.39 is 18.1 Å². The average molecular weight is 188 g/mol. The van der Waals surface area contributed by atoms with Crippen LogP contribution in [-0.4, -0.2) is 29.0 Å². The summed E-state index contributed by atoms with van der Waals surface area (Å²) in [4.78, 5) is 10.3. The molecule has 0 bridgehead atoms. The Kier molecular flexibility index (Phi) is 5.01. The fraction of sp³-hybridized carbons (Fsp3) is 0.714. The van der Waals surface area contributed by atoms with Gasteiger partial charge in [-0.05, 0) is 19.3 Å². The summed E-state index contributed by atoms with van der Waals surface area (Å²) in [6.45, 7) is 0. The fourth-order valence-corrected chi connectivity index (χ4v) is 0.837. The van der Waals surface area contributed by atoms with Gasteiger partial charge in [-0.2, -0.15) is 0 Å². The summed E-state index contributed by atoms with van der Waals surface area (Å²) >= 11 is 0. The summed E-state index contributed by atoms with van der Waals surface area (Å²) in [6, 6.07) is -1.33. The normalized spacial score (nSPS) is 14.9. The van der Waals surface area contributed by atoms with Crippen molar-refractivity contribution in [3.05, 3.63) is 0 Å². The van der Waals surface area contributed by atoms with Gasteiger partial charge in [0.1, 0.15) is 11.9 Å². The van der Waals surface area contributed by atoms with E-state index in [9.17, 15) is 4.79 Å². The van der Waals surface area contributed by atoms with Gasteiger partial charge in [-0.1, -0.05) is 0 Å². The van der Waals surface area contributed by atoms with Gasteiger partial charge in [0.2, 0.25) is 0 Å². The Morgan fingerprint density at radius 2 is 1.77 bits per heavy atom. The molecule has 0 radical (unpaired) electrons. The van der Waals surface area contributed by atoms with Gasteiger partial charge in [0.25, 0.3) is 0 Å². The largest absolute Gasteiger partial charge is 0.480 e. The van der Waals surface area contributed by atoms with E-state index in [4.69, 9.17) is 27.7 Å². The predicted octanol–water partition coefficient (Wildman–Crippen LogP) is -1.17. The van der Waals surface area contributed by atoms with E-state index in [1.165, 1.54) is 0 Å². The number of carboxylic acids is 1. The Morgan fingerprint density at radius 1 is 1.31 bits per heavy atom. The number of nitrogens with two attached hydrogens (primary N) is 3. The van der Waals surface area contributed by atoms with E-state index in [-0.39, 0.29) is 5.84 Å². The fourth-order valence-electron chi connectivity index (χ4n) is 0.837. The lowest BCUT2D eigenvalue weighted by Gasteiger charge is -2.10. The Hall–Kier alpha value is -1.14. The van der Waals surface area contributed by atoms with E-state index in [0.717, 1.165) is 0 Å². The maximum absolute atomic E-state index is 10.3. The van der Waals surface area contributed by atoms with Crippen molar-refractivity contribution in [1.29, 1.82) is 5.41 Å². The molecule has 2 atom stereocenters. The molecule has 0 aliphatic rings. The van der Waals surface area contributed by atoms with E-state index >= 15 is 0 Å². The second-order valence-corrected chi connectivity index (χ2v) is 2.94. The van der Waals surface area contributed by atoms with E-state index in [1.54, 1.807) is 0 Å². The van der Waals surface area contributed by atoms with Crippen LogP contribution in [0, 0.1) is 5.41 Å². The minimum atomic E-state index is -1.02. The van der Waals surface area contributed by atoms with Gasteiger partial charge in [0, 0.05) is 0 Å². The number of aliphatic carboxylic acids is 1. The minimum Gasteiger partial charge on any atom is -0.480 e. The number of rotatable bonds is 6. The SMILES string of the molecule is N=C(N)C(N)CCC[C@H](N)C(=O)O. The first-order valence-corrected chi connectivity index (χ1v) is 4.03. The quantitative estimate of drug-likeness (QED) is 0.264. The highest BCUT2D eigenvalue weighted by Crippen LogP contribution is 2.01. The van der Waals surface area contributed by atoms with Crippen molar-refractivity contribution < 1.29 is 9.90 Å². The van der Waals surface area contributed by atoms with E-state index in [2.05, 4.69) is 0 Å². The molecule has 0 aliphatic heterocycles. The summed E-state index contributed by atoms with van der Waals surface area (Å²) < 4.78 is 0. The van der Waals surface area contributed by atoms with Gasteiger partial charge in [-0.15, -0.1) is 0 Å². The molecule has 0 aromatic heterocycles. The van der Waals surface area contributed by atoms with Crippen LogP contribution in [0.5, 0.6) is 0 Å². The topological polar surface area (TPSA) is 139 Å². The third-order valence-electron chi connectivity index (χ3n) is 1.75. The molecular weight excluding hydrogens is 172 g/mol. The first-order valence-electron chi connectivity index (χ1n) is 4.03. The number of carboxylic acid groups (broad SMARTS) is 1. The molecule has 0 spiro atoms. The summed E-state index contributed by atoms with van der Waals surface area (Å²) in [6.07, 6.45) is 1.42. The van der Waals surface area contributed by atoms with Gasteiger partial charge in [0.05, 0.1) is 6.04 Å². The van der Waals surface area contributed by atoms with Crippen molar-refractivity contribution in [2.75, 3.05) is 0 Å². The van der Waals surface area contributed by atoms with Crippen LogP contribution in [0.2, 0.25) is 0 Å². The summed E-state index contributed by atoms with van der Waals surface area (Å²) in [5, 5.41) is 15.4. The molecule has 6 heteroatoms. The lowest BCUT2D eigenvalue weighted by atomic mass is 10.1. The Morgan fingerprint density at radius 3 is 2.15 bits per heavy atom. The molecular formula is C7H16N4O2.